The molecule has 0 amide bonds. The van der Waals surface area contributed by atoms with Gasteiger partial charge in [-0.1, -0.05) is 46.3 Å². The summed E-state index contributed by atoms with van der Waals surface area (Å²) >= 11 is 0. The van der Waals surface area contributed by atoms with E-state index in [-0.39, 0.29) is 17.8 Å². The average molecular weight is 282 g/mol. The maximum Gasteiger partial charge on any atom is 0.338 e. The molecule has 0 aliphatic rings. The van der Waals surface area contributed by atoms with Gasteiger partial charge in [-0.05, 0) is 19.3 Å². The Morgan fingerprint density at radius 3 is 2.00 bits per heavy atom. The van der Waals surface area contributed by atoms with E-state index in [1.807, 2.05) is 0 Å². The van der Waals surface area contributed by atoms with Crippen molar-refractivity contribution < 1.29 is 19.1 Å². The summed E-state index contributed by atoms with van der Waals surface area (Å²) in [4.78, 5) is 23.2. The lowest BCUT2D eigenvalue weighted by Crippen LogP contribution is -2.18. The summed E-state index contributed by atoms with van der Waals surface area (Å²) in [7, 11) is 0. The van der Waals surface area contributed by atoms with Crippen molar-refractivity contribution in [1.82, 2.24) is 0 Å². The Morgan fingerprint density at radius 1 is 1.00 bits per heavy atom. The molecule has 0 N–H and O–H groups in total. The smallest absolute Gasteiger partial charge is 0.338 e. The summed E-state index contributed by atoms with van der Waals surface area (Å²) in [5.74, 6) is -0.881. The molecule has 0 saturated heterocycles. The van der Waals surface area contributed by atoms with E-state index in [9.17, 15) is 9.59 Å². The molecule has 0 aromatic carbocycles. The van der Waals surface area contributed by atoms with Crippen LogP contribution < -0.4 is 0 Å². The van der Waals surface area contributed by atoms with Crippen molar-refractivity contribution in [1.29, 1.82) is 0 Å². The van der Waals surface area contributed by atoms with Crippen molar-refractivity contribution in [3.05, 3.63) is 24.3 Å². The summed E-state index contributed by atoms with van der Waals surface area (Å²) in [6.45, 7) is 13.5. The normalized spacial score (nSPS) is 11.6. The Hall–Kier alpha value is -1.58. The maximum absolute atomic E-state index is 11.8. The van der Waals surface area contributed by atoms with Crippen molar-refractivity contribution in [2.24, 2.45) is 5.92 Å². The molecule has 0 aromatic rings. The van der Waals surface area contributed by atoms with Gasteiger partial charge in [0.15, 0.2) is 0 Å². The Balaban J connectivity index is 4.28. The molecular weight excluding hydrogens is 256 g/mol. The van der Waals surface area contributed by atoms with Crippen LogP contribution in [-0.4, -0.2) is 25.2 Å². The van der Waals surface area contributed by atoms with Gasteiger partial charge in [-0.25, -0.2) is 9.59 Å². The molecule has 1 unspecified atom stereocenters. The van der Waals surface area contributed by atoms with Crippen molar-refractivity contribution in [3.63, 3.8) is 0 Å². The first kappa shape index (κ1) is 18.4. The third kappa shape index (κ3) is 6.55. The molecule has 0 saturated carbocycles. The first-order valence-corrected chi connectivity index (χ1v) is 7.20. The predicted octanol–water partition coefficient (Wildman–Crippen LogP) is 3.42. The van der Waals surface area contributed by atoms with Gasteiger partial charge in [0.1, 0.15) is 0 Å². The van der Waals surface area contributed by atoms with Gasteiger partial charge in [0.05, 0.1) is 24.4 Å². The highest BCUT2D eigenvalue weighted by Gasteiger charge is 2.20. The molecule has 0 radical (unpaired) electrons. The molecule has 4 heteroatoms. The van der Waals surface area contributed by atoms with E-state index in [1.165, 1.54) is 0 Å². The van der Waals surface area contributed by atoms with E-state index in [2.05, 4.69) is 27.0 Å². The zero-order chi connectivity index (χ0) is 15.5. The fraction of sp³-hybridized carbons (Fsp3) is 0.625. The van der Waals surface area contributed by atoms with Crippen LogP contribution in [0.2, 0.25) is 0 Å². The second kappa shape index (κ2) is 10.2. The molecule has 0 bridgehead atoms. The van der Waals surface area contributed by atoms with E-state index >= 15 is 0 Å². The van der Waals surface area contributed by atoms with Gasteiger partial charge in [-0.15, -0.1) is 0 Å². The van der Waals surface area contributed by atoms with E-state index in [0.29, 0.717) is 12.5 Å². The van der Waals surface area contributed by atoms with Crippen LogP contribution in [-0.2, 0) is 19.1 Å². The molecule has 0 rings (SSSR count). The summed E-state index contributed by atoms with van der Waals surface area (Å²) in [6.07, 6.45) is 4.23. The number of hydrogen-bond acceptors (Lipinski definition) is 4. The Bertz CT molecular complexity index is 357. The molecule has 0 aliphatic heterocycles. The van der Waals surface area contributed by atoms with Crippen LogP contribution in [0.15, 0.2) is 24.3 Å². The fourth-order valence-electron chi connectivity index (χ4n) is 1.64. The lowest BCUT2D eigenvalue weighted by atomic mass is 10.0. The van der Waals surface area contributed by atoms with E-state index in [0.717, 1.165) is 25.7 Å². The van der Waals surface area contributed by atoms with Crippen LogP contribution in [0.1, 0.15) is 46.5 Å². The van der Waals surface area contributed by atoms with Crippen molar-refractivity contribution in [2.75, 3.05) is 13.2 Å². The molecular formula is C16H26O4. The van der Waals surface area contributed by atoms with Crippen molar-refractivity contribution in [2.45, 2.75) is 46.5 Å². The number of carbonyl (C=O) groups is 2. The van der Waals surface area contributed by atoms with Gasteiger partial charge in [-0.3, -0.25) is 0 Å². The second-order valence-corrected chi connectivity index (χ2v) is 4.69. The molecule has 0 aliphatic carbocycles. The molecule has 20 heavy (non-hydrogen) atoms. The molecule has 0 spiro atoms. The first-order chi connectivity index (χ1) is 9.47. The highest BCUT2D eigenvalue weighted by molar-refractivity contribution is 6.06. The summed E-state index contributed by atoms with van der Waals surface area (Å²) in [5, 5.41) is 0. The zero-order valence-electron chi connectivity index (χ0n) is 12.9. The standard InChI is InChI=1S/C16H26O4/c1-6-9-10-14(7-2)11-20-16(18)13(5)12(4)15(17)19-8-3/h14H,4-11H2,1-3H3. The number of rotatable bonds is 10. The Labute approximate surface area is 121 Å². The fourth-order valence-corrected chi connectivity index (χ4v) is 1.64. The van der Waals surface area contributed by atoms with Crippen molar-refractivity contribution >= 4 is 11.9 Å². The third-order valence-electron chi connectivity index (χ3n) is 3.13. The minimum absolute atomic E-state index is 0.0335. The van der Waals surface area contributed by atoms with Gasteiger partial charge < -0.3 is 9.47 Å². The minimum Gasteiger partial charge on any atom is -0.462 e. The lowest BCUT2D eigenvalue weighted by molar-refractivity contribution is -0.143. The van der Waals surface area contributed by atoms with Crippen LogP contribution in [0.5, 0.6) is 0 Å². The number of unbranched alkanes of at least 4 members (excludes halogenated alkanes) is 1. The quantitative estimate of drug-likeness (QED) is 0.350. The lowest BCUT2D eigenvalue weighted by Gasteiger charge is -2.15. The van der Waals surface area contributed by atoms with Crippen LogP contribution in [0.4, 0.5) is 0 Å². The van der Waals surface area contributed by atoms with Crippen LogP contribution in [0.3, 0.4) is 0 Å². The van der Waals surface area contributed by atoms with Gasteiger partial charge in [0.2, 0.25) is 0 Å². The average Bonchev–Trinajstić information content (AvgIpc) is 2.45. The van der Waals surface area contributed by atoms with Gasteiger partial charge in [0, 0.05) is 0 Å². The number of esters is 2. The highest BCUT2D eigenvalue weighted by Crippen LogP contribution is 2.15. The summed E-state index contributed by atoms with van der Waals surface area (Å²) in [5.41, 5.74) is -0.0766. The monoisotopic (exact) mass is 282 g/mol. The van der Waals surface area contributed by atoms with Gasteiger partial charge >= 0.3 is 11.9 Å². The largest absolute Gasteiger partial charge is 0.462 e. The molecule has 0 heterocycles. The molecule has 0 aromatic heterocycles. The highest BCUT2D eigenvalue weighted by atomic mass is 16.5. The topological polar surface area (TPSA) is 52.6 Å². The number of carbonyl (C=O) groups excluding carboxylic acids is 2. The molecule has 114 valence electrons. The van der Waals surface area contributed by atoms with E-state index in [4.69, 9.17) is 9.47 Å². The SMILES string of the molecule is C=C(C(=C)C(=O)OCC(CC)CCCC)C(=O)OCC. The number of ether oxygens (including phenoxy) is 2. The molecule has 1 atom stereocenters. The maximum atomic E-state index is 11.8. The summed E-state index contributed by atoms with van der Waals surface area (Å²) < 4.78 is 9.96. The van der Waals surface area contributed by atoms with Crippen LogP contribution in [0.25, 0.3) is 0 Å². The zero-order valence-corrected chi connectivity index (χ0v) is 12.9. The summed E-state index contributed by atoms with van der Waals surface area (Å²) in [6, 6.07) is 0. The van der Waals surface area contributed by atoms with Crippen LogP contribution >= 0.6 is 0 Å². The predicted molar refractivity (Wildman–Crippen MR) is 79.2 cm³/mol. The van der Waals surface area contributed by atoms with Gasteiger partial charge in [0.25, 0.3) is 0 Å². The van der Waals surface area contributed by atoms with Gasteiger partial charge in [-0.2, -0.15) is 0 Å². The second-order valence-electron chi connectivity index (χ2n) is 4.69. The molecule has 4 nitrogen and oxygen atoms in total. The Kier molecular flexibility index (Phi) is 9.43. The van der Waals surface area contributed by atoms with Crippen molar-refractivity contribution in [3.8, 4) is 0 Å². The third-order valence-corrected chi connectivity index (χ3v) is 3.13. The number of hydrogen-bond donors (Lipinski definition) is 0. The Morgan fingerprint density at radius 2 is 1.55 bits per heavy atom. The minimum atomic E-state index is -0.632. The molecule has 0 fully saturated rings. The first-order valence-electron chi connectivity index (χ1n) is 7.20. The van der Waals surface area contributed by atoms with Crippen LogP contribution in [0, 0.1) is 5.92 Å². The van der Waals surface area contributed by atoms with E-state index in [1.54, 1.807) is 6.92 Å². The van der Waals surface area contributed by atoms with E-state index < -0.39 is 11.9 Å².